The van der Waals surface area contributed by atoms with Crippen LogP contribution in [0.5, 0.6) is 0 Å². The van der Waals surface area contributed by atoms with Gasteiger partial charge in [-0.1, -0.05) is 6.07 Å². The number of ether oxygens (including phenoxy) is 1. The van der Waals surface area contributed by atoms with E-state index in [1.54, 1.807) is 22.6 Å². The normalized spacial score (nSPS) is 10.3. The number of nitrogens with zero attached hydrogens (tertiary/aromatic N) is 2. The van der Waals surface area contributed by atoms with Crippen molar-refractivity contribution in [3.63, 3.8) is 0 Å². The van der Waals surface area contributed by atoms with Crippen molar-refractivity contribution in [3.05, 3.63) is 58.6 Å². The SMILES string of the molecule is COC(=O)c1nc2cccc(Br)n2c1-c1ccc(F)cc1.Cl. The number of benzene rings is 1. The van der Waals surface area contributed by atoms with Crippen LogP contribution in [-0.2, 0) is 4.74 Å². The molecule has 0 aliphatic heterocycles. The number of fused-ring (bicyclic) bond motifs is 1. The molecule has 114 valence electrons. The molecule has 0 atom stereocenters. The molecule has 2 heterocycles. The van der Waals surface area contributed by atoms with Gasteiger partial charge in [0, 0.05) is 5.56 Å². The monoisotopic (exact) mass is 384 g/mol. The number of carbonyl (C=O) groups is 1. The highest BCUT2D eigenvalue weighted by molar-refractivity contribution is 9.10. The minimum absolute atomic E-state index is 0. The van der Waals surface area contributed by atoms with Crippen LogP contribution in [0.15, 0.2) is 47.1 Å². The van der Waals surface area contributed by atoms with Crippen LogP contribution >= 0.6 is 28.3 Å². The van der Waals surface area contributed by atoms with Gasteiger partial charge in [-0.15, -0.1) is 12.4 Å². The van der Waals surface area contributed by atoms with Crippen LogP contribution < -0.4 is 0 Å². The van der Waals surface area contributed by atoms with Crippen LogP contribution in [0.3, 0.4) is 0 Å². The molecule has 2 aromatic heterocycles. The molecule has 0 aliphatic carbocycles. The highest BCUT2D eigenvalue weighted by Crippen LogP contribution is 2.29. The number of esters is 1. The Morgan fingerprint density at radius 1 is 1.23 bits per heavy atom. The lowest BCUT2D eigenvalue weighted by molar-refractivity contribution is 0.0596. The first-order chi connectivity index (χ1) is 10.1. The van der Waals surface area contributed by atoms with E-state index in [2.05, 4.69) is 20.9 Å². The van der Waals surface area contributed by atoms with E-state index >= 15 is 0 Å². The average molecular weight is 386 g/mol. The van der Waals surface area contributed by atoms with Crippen molar-refractivity contribution in [3.8, 4) is 11.3 Å². The summed E-state index contributed by atoms with van der Waals surface area (Å²) in [5.74, 6) is -0.879. The third-order valence-electron chi connectivity index (χ3n) is 3.09. The number of rotatable bonds is 2. The van der Waals surface area contributed by atoms with Crippen LogP contribution in [0.1, 0.15) is 10.5 Å². The lowest BCUT2D eigenvalue weighted by Gasteiger charge is -2.06. The Bertz CT molecular complexity index is 833. The van der Waals surface area contributed by atoms with Crippen molar-refractivity contribution in [2.75, 3.05) is 7.11 Å². The molecule has 0 saturated heterocycles. The third-order valence-corrected chi connectivity index (χ3v) is 3.71. The molecule has 22 heavy (non-hydrogen) atoms. The molecule has 0 amide bonds. The van der Waals surface area contributed by atoms with E-state index in [1.165, 1.54) is 19.2 Å². The predicted octanol–water partition coefficient (Wildman–Crippen LogP) is 4.11. The van der Waals surface area contributed by atoms with E-state index in [-0.39, 0.29) is 23.9 Å². The second-order valence-electron chi connectivity index (χ2n) is 4.35. The lowest BCUT2D eigenvalue weighted by Crippen LogP contribution is -2.04. The number of hydrogen-bond acceptors (Lipinski definition) is 3. The van der Waals surface area contributed by atoms with E-state index in [0.717, 1.165) is 4.60 Å². The van der Waals surface area contributed by atoms with Crippen LogP contribution in [0.25, 0.3) is 16.9 Å². The quantitative estimate of drug-likeness (QED) is 0.492. The largest absolute Gasteiger partial charge is 0.464 e. The molecule has 0 radical (unpaired) electrons. The Kier molecular flexibility index (Phi) is 4.83. The lowest BCUT2D eigenvalue weighted by atomic mass is 10.1. The highest BCUT2D eigenvalue weighted by Gasteiger charge is 2.22. The Hall–Kier alpha value is -1.92. The van der Waals surface area contributed by atoms with E-state index in [1.807, 2.05) is 12.1 Å². The Morgan fingerprint density at radius 2 is 1.91 bits per heavy atom. The van der Waals surface area contributed by atoms with E-state index < -0.39 is 5.97 Å². The van der Waals surface area contributed by atoms with Gasteiger partial charge >= 0.3 is 5.97 Å². The molecular weight excluding hydrogens is 375 g/mol. The Morgan fingerprint density at radius 3 is 2.55 bits per heavy atom. The van der Waals surface area contributed by atoms with Gasteiger partial charge in [-0.25, -0.2) is 14.2 Å². The molecule has 0 saturated carbocycles. The van der Waals surface area contributed by atoms with Gasteiger partial charge in [0.25, 0.3) is 0 Å². The van der Waals surface area contributed by atoms with Gasteiger partial charge in [0.1, 0.15) is 11.5 Å². The first kappa shape index (κ1) is 16.5. The summed E-state index contributed by atoms with van der Waals surface area (Å²) in [4.78, 5) is 16.3. The molecule has 0 unspecified atom stereocenters. The van der Waals surface area contributed by atoms with Gasteiger partial charge in [0.15, 0.2) is 5.69 Å². The standard InChI is InChI=1S/C15H10BrFN2O2.ClH/c1-21-15(20)13-14(9-5-7-10(17)8-6-9)19-11(16)3-2-4-12(19)18-13;/h2-8H,1H3;1H. The van der Waals surface area contributed by atoms with Crippen molar-refractivity contribution in [2.24, 2.45) is 0 Å². The van der Waals surface area contributed by atoms with E-state index in [4.69, 9.17) is 4.74 Å². The molecule has 1 aromatic carbocycles. The topological polar surface area (TPSA) is 43.6 Å². The molecule has 0 bridgehead atoms. The summed E-state index contributed by atoms with van der Waals surface area (Å²) in [5, 5.41) is 0. The molecule has 4 nitrogen and oxygen atoms in total. The zero-order chi connectivity index (χ0) is 15.0. The average Bonchev–Trinajstić information content (AvgIpc) is 2.88. The first-order valence-electron chi connectivity index (χ1n) is 6.13. The molecule has 3 aromatic rings. The second kappa shape index (κ2) is 6.46. The molecule has 0 fully saturated rings. The van der Waals surface area contributed by atoms with Crippen molar-refractivity contribution >= 4 is 40.0 Å². The van der Waals surface area contributed by atoms with Gasteiger partial charge in [0.05, 0.1) is 17.4 Å². The zero-order valence-corrected chi connectivity index (χ0v) is 13.8. The van der Waals surface area contributed by atoms with Gasteiger partial charge < -0.3 is 4.74 Å². The predicted molar refractivity (Wildman–Crippen MR) is 86.9 cm³/mol. The fourth-order valence-electron chi connectivity index (χ4n) is 2.17. The summed E-state index contributed by atoms with van der Waals surface area (Å²) >= 11 is 3.44. The Labute approximate surface area is 140 Å². The summed E-state index contributed by atoms with van der Waals surface area (Å²) < 4.78 is 20.4. The van der Waals surface area contributed by atoms with Gasteiger partial charge in [-0.05, 0) is 52.3 Å². The number of methoxy groups -OCH3 is 1. The number of aromatic nitrogens is 2. The van der Waals surface area contributed by atoms with Crippen LogP contribution in [0.2, 0.25) is 0 Å². The fourth-order valence-corrected chi connectivity index (χ4v) is 2.68. The van der Waals surface area contributed by atoms with Gasteiger partial charge in [-0.3, -0.25) is 4.40 Å². The van der Waals surface area contributed by atoms with Crippen molar-refractivity contribution in [1.82, 2.24) is 9.38 Å². The smallest absolute Gasteiger partial charge is 0.358 e. The molecule has 7 heteroatoms. The minimum Gasteiger partial charge on any atom is -0.464 e. The summed E-state index contributed by atoms with van der Waals surface area (Å²) in [6.45, 7) is 0. The maximum absolute atomic E-state index is 13.1. The summed E-state index contributed by atoms with van der Waals surface area (Å²) in [6, 6.07) is 11.3. The summed E-state index contributed by atoms with van der Waals surface area (Å²) in [6.07, 6.45) is 0. The number of carbonyl (C=O) groups excluding carboxylic acids is 1. The molecule has 0 spiro atoms. The third kappa shape index (κ3) is 2.71. The van der Waals surface area contributed by atoms with Crippen molar-refractivity contribution in [2.45, 2.75) is 0 Å². The number of halogens is 3. The molecular formula is C15H11BrClFN2O2. The Balaban J connectivity index is 0.00000176. The van der Waals surface area contributed by atoms with Gasteiger partial charge in [0.2, 0.25) is 0 Å². The van der Waals surface area contributed by atoms with E-state index in [9.17, 15) is 9.18 Å². The molecule has 0 aliphatic rings. The van der Waals surface area contributed by atoms with E-state index in [0.29, 0.717) is 16.9 Å². The first-order valence-corrected chi connectivity index (χ1v) is 6.92. The highest BCUT2D eigenvalue weighted by atomic mass is 79.9. The summed E-state index contributed by atoms with van der Waals surface area (Å²) in [7, 11) is 1.30. The number of pyridine rings is 1. The minimum atomic E-state index is -0.537. The van der Waals surface area contributed by atoms with Crippen molar-refractivity contribution < 1.29 is 13.9 Å². The zero-order valence-electron chi connectivity index (χ0n) is 11.4. The molecule has 0 N–H and O–H groups in total. The maximum atomic E-state index is 13.1. The maximum Gasteiger partial charge on any atom is 0.358 e. The van der Waals surface area contributed by atoms with Crippen molar-refractivity contribution in [1.29, 1.82) is 0 Å². The van der Waals surface area contributed by atoms with Crippen LogP contribution in [0, 0.1) is 5.82 Å². The summed E-state index contributed by atoms with van der Waals surface area (Å²) in [5.41, 5.74) is 2.03. The fraction of sp³-hybridized carbons (Fsp3) is 0.0667. The second-order valence-corrected chi connectivity index (χ2v) is 5.16. The van der Waals surface area contributed by atoms with Crippen LogP contribution in [0.4, 0.5) is 4.39 Å². The van der Waals surface area contributed by atoms with Crippen LogP contribution in [-0.4, -0.2) is 22.5 Å². The number of imidazole rings is 1. The van der Waals surface area contributed by atoms with Gasteiger partial charge in [-0.2, -0.15) is 0 Å². The molecule has 3 rings (SSSR count). The number of hydrogen-bond donors (Lipinski definition) is 0.